The fourth-order valence-corrected chi connectivity index (χ4v) is 3.30. The molecule has 2 aromatic carbocycles. The van der Waals surface area contributed by atoms with Crippen LogP contribution in [0.4, 0.5) is 0 Å². The second kappa shape index (κ2) is 13.2. The van der Waals surface area contributed by atoms with E-state index in [0.717, 1.165) is 30.6 Å². The number of rotatable bonds is 13. The van der Waals surface area contributed by atoms with E-state index in [1.165, 1.54) is 0 Å². The number of nitrogens with one attached hydrogen (secondary N) is 2. The molecule has 0 atom stereocenters. The molecule has 0 bridgehead atoms. The molecule has 3 N–H and O–H groups in total. The van der Waals surface area contributed by atoms with E-state index in [-0.39, 0.29) is 6.61 Å². The molecule has 0 aromatic heterocycles. The van der Waals surface area contributed by atoms with Crippen molar-refractivity contribution in [2.45, 2.75) is 26.5 Å². The molecule has 2 rings (SSSR count). The quantitative estimate of drug-likeness (QED) is 0.378. The predicted octanol–water partition coefficient (Wildman–Crippen LogP) is 4.69. The lowest BCUT2D eigenvalue weighted by atomic mass is 10.2. The van der Waals surface area contributed by atoms with E-state index < -0.39 is 0 Å². The van der Waals surface area contributed by atoms with Gasteiger partial charge in [0.1, 0.15) is 6.61 Å². The molecule has 2 aromatic rings. The second-order valence-corrected chi connectivity index (χ2v) is 7.60. The molecule has 0 aliphatic rings. The number of hydrogen-bond donors (Lipinski definition) is 3. The summed E-state index contributed by atoms with van der Waals surface area (Å²) in [4.78, 5) is 0. The maximum Gasteiger partial charge on any atom is 0.180 e. The van der Waals surface area contributed by atoms with Crippen LogP contribution in [-0.2, 0) is 13.2 Å². The topological polar surface area (TPSA) is 62.8 Å². The fraction of sp³-hybridized carbons (Fsp3) is 0.429. The molecule has 0 amide bonds. The predicted molar refractivity (Wildman–Crippen MR) is 120 cm³/mol. The molecule has 0 saturated heterocycles. The van der Waals surface area contributed by atoms with Gasteiger partial charge in [-0.05, 0) is 61.8 Å². The summed E-state index contributed by atoms with van der Waals surface area (Å²) in [6, 6.07) is 9.19. The Kier molecular flexibility index (Phi) is 10.9. The first-order chi connectivity index (χ1) is 14.0. The SMILES string of the molecule is CCOc1cc(CNCCCNCCO)cc(Cl)c1OCc1ccc(Cl)c(Cl)c1. The lowest BCUT2D eigenvalue weighted by Gasteiger charge is -2.16. The van der Waals surface area contributed by atoms with Gasteiger partial charge in [-0.2, -0.15) is 0 Å². The third kappa shape index (κ3) is 8.21. The Morgan fingerprint density at radius 3 is 2.34 bits per heavy atom. The van der Waals surface area contributed by atoms with Gasteiger partial charge in [-0.3, -0.25) is 0 Å². The molecule has 29 heavy (non-hydrogen) atoms. The van der Waals surface area contributed by atoms with Crippen molar-refractivity contribution in [1.29, 1.82) is 0 Å². The summed E-state index contributed by atoms with van der Waals surface area (Å²) in [6.07, 6.45) is 0.969. The Bertz CT molecular complexity index is 775. The van der Waals surface area contributed by atoms with Gasteiger partial charge in [0.25, 0.3) is 0 Å². The minimum absolute atomic E-state index is 0.158. The lowest BCUT2D eigenvalue weighted by Crippen LogP contribution is -2.23. The summed E-state index contributed by atoms with van der Waals surface area (Å²) >= 11 is 18.5. The zero-order valence-electron chi connectivity index (χ0n) is 16.4. The van der Waals surface area contributed by atoms with E-state index in [1.54, 1.807) is 12.1 Å². The van der Waals surface area contributed by atoms with E-state index in [2.05, 4.69) is 10.6 Å². The molecule has 160 valence electrons. The van der Waals surface area contributed by atoms with Crippen LogP contribution in [0.15, 0.2) is 30.3 Å². The van der Waals surface area contributed by atoms with E-state index in [9.17, 15) is 0 Å². The number of ether oxygens (including phenoxy) is 2. The number of aliphatic hydroxyl groups excluding tert-OH is 1. The molecule has 0 spiro atoms. The first kappa shape index (κ1) is 24.1. The van der Waals surface area contributed by atoms with E-state index in [0.29, 0.717) is 52.9 Å². The maximum atomic E-state index is 8.74. The fourth-order valence-electron chi connectivity index (χ4n) is 2.69. The molecule has 8 heteroatoms. The second-order valence-electron chi connectivity index (χ2n) is 6.38. The minimum Gasteiger partial charge on any atom is -0.490 e. The molecular formula is C21H27Cl3N2O3. The summed E-state index contributed by atoms with van der Waals surface area (Å²) in [5, 5.41) is 16.7. The van der Waals surface area contributed by atoms with Crippen LogP contribution in [0.25, 0.3) is 0 Å². The van der Waals surface area contributed by atoms with Crippen molar-refractivity contribution < 1.29 is 14.6 Å². The highest BCUT2D eigenvalue weighted by Crippen LogP contribution is 2.37. The Balaban J connectivity index is 1.96. The standard InChI is InChI=1S/C21H27Cl3N2O3/c1-2-28-20-12-16(13-26-7-3-6-25-8-9-27)11-19(24)21(20)29-14-15-4-5-17(22)18(23)10-15/h4-5,10-12,25-27H,2-3,6-9,13-14H2,1H3. The Morgan fingerprint density at radius 2 is 1.62 bits per heavy atom. The van der Waals surface area contributed by atoms with Gasteiger partial charge in [0.2, 0.25) is 0 Å². The summed E-state index contributed by atoms with van der Waals surface area (Å²) in [7, 11) is 0. The van der Waals surface area contributed by atoms with Gasteiger partial charge in [0.05, 0.1) is 28.3 Å². The van der Waals surface area contributed by atoms with Crippen LogP contribution in [0.1, 0.15) is 24.5 Å². The summed E-state index contributed by atoms with van der Waals surface area (Å²) < 4.78 is 11.7. The maximum absolute atomic E-state index is 8.74. The molecule has 0 aliphatic heterocycles. The van der Waals surface area contributed by atoms with Crippen LogP contribution in [0, 0.1) is 0 Å². The molecule has 0 fully saturated rings. The van der Waals surface area contributed by atoms with Crippen LogP contribution in [0.2, 0.25) is 15.1 Å². The van der Waals surface area contributed by atoms with Gasteiger partial charge in [0, 0.05) is 13.1 Å². The van der Waals surface area contributed by atoms with Gasteiger partial charge in [-0.1, -0.05) is 40.9 Å². The Hall–Kier alpha value is -1.21. The van der Waals surface area contributed by atoms with Crippen LogP contribution in [0.5, 0.6) is 11.5 Å². The summed E-state index contributed by atoms with van der Waals surface area (Å²) in [6.45, 7) is 5.90. The van der Waals surface area contributed by atoms with E-state index in [4.69, 9.17) is 49.4 Å². The third-order valence-electron chi connectivity index (χ3n) is 4.06. The monoisotopic (exact) mass is 460 g/mol. The first-order valence-corrected chi connectivity index (χ1v) is 10.7. The molecule has 0 heterocycles. The normalized spacial score (nSPS) is 10.9. The van der Waals surface area contributed by atoms with Crippen molar-refractivity contribution in [3.05, 3.63) is 56.5 Å². The van der Waals surface area contributed by atoms with Crippen LogP contribution in [-0.4, -0.2) is 38.0 Å². The number of aliphatic hydroxyl groups is 1. The number of hydrogen-bond acceptors (Lipinski definition) is 5. The van der Waals surface area contributed by atoms with Crippen molar-refractivity contribution in [2.75, 3.05) is 32.8 Å². The largest absolute Gasteiger partial charge is 0.490 e. The van der Waals surface area contributed by atoms with E-state index in [1.807, 2.05) is 25.1 Å². The van der Waals surface area contributed by atoms with Gasteiger partial charge in [-0.25, -0.2) is 0 Å². The molecule has 0 saturated carbocycles. The van der Waals surface area contributed by atoms with Crippen LogP contribution >= 0.6 is 34.8 Å². The average molecular weight is 462 g/mol. The van der Waals surface area contributed by atoms with Gasteiger partial charge in [0.15, 0.2) is 11.5 Å². The van der Waals surface area contributed by atoms with Crippen molar-refractivity contribution in [1.82, 2.24) is 10.6 Å². The highest BCUT2D eigenvalue weighted by atomic mass is 35.5. The first-order valence-electron chi connectivity index (χ1n) is 9.59. The molecular weight excluding hydrogens is 435 g/mol. The highest BCUT2D eigenvalue weighted by molar-refractivity contribution is 6.42. The zero-order chi connectivity index (χ0) is 21.1. The molecule has 5 nitrogen and oxygen atoms in total. The average Bonchev–Trinajstić information content (AvgIpc) is 2.69. The van der Waals surface area contributed by atoms with E-state index >= 15 is 0 Å². The molecule has 0 unspecified atom stereocenters. The summed E-state index contributed by atoms with van der Waals surface area (Å²) in [5.41, 5.74) is 1.90. The van der Waals surface area contributed by atoms with Crippen LogP contribution < -0.4 is 20.1 Å². The van der Waals surface area contributed by atoms with Crippen molar-refractivity contribution in [3.63, 3.8) is 0 Å². The Labute approximate surface area is 187 Å². The smallest absolute Gasteiger partial charge is 0.180 e. The minimum atomic E-state index is 0.158. The van der Waals surface area contributed by atoms with Gasteiger partial charge >= 0.3 is 0 Å². The molecule has 0 radical (unpaired) electrons. The Morgan fingerprint density at radius 1 is 0.862 bits per heavy atom. The van der Waals surface area contributed by atoms with Crippen LogP contribution in [0.3, 0.4) is 0 Å². The third-order valence-corrected chi connectivity index (χ3v) is 5.08. The van der Waals surface area contributed by atoms with Crippen molar-refractivity contribution in [2.24, 2.45) is 0 Å². The lowest BCUT2D eigenvalue weighted by molar-refractivity contribution is 0.269. The summed E-state index contributed by atoms with van der Waals surface area (Å²) in [5.74, 6) is 1.12. The van der Waals surface area contributed by atoms with Gasteiger partial charge in [-0.15, -0.1) is 0 Å². The van der Waals surface area contributed by atoms with Crippen molar-refractivity contribution >= 4 is 34.8 Å². The number of benzene rings is 2. The molecule has 0 aliphatic carbocycles. The highest BCUT2D eigenvalue weighted by Gasteiger charge is 2.13. The van der Waals surface area contributed by atoms with Crippen molar-refractivity contribution in [3.8, 4) is 11.5 Å². The zero-order valence-corrected chi connectivity index (χ0v) is 18.7. The van der Waals surface area contributed by atoms with Gasteiger partial charge < -0.3 is 25.2 Å². The number of halogens is 3.